The Morgan fingerprint density at radius 3 is 1.59 bits per heavy atom. The molecular formula is C61H42N2. The average molecular weight is 803 g/mol. The highest BCUT2D eigenvalue weighted by Gasteiger charge is 2.35. The summed E-state index contributed by atoms with van der Waals surface area (Å²) in [6.45, 7) is 4.72. The lowest BCUT2D eigenvalue weighted by Gasteiger charge is -2.22. The average Bonchev–Trinajstić information content (AvgIpc) is 3.59. The summed E-state index contributed by atoms with van der Waals surface area (Å²) in [6, 6.07) is 79.1. The molecule has 1 aliphatic carbocycles. The second kappa shape index (κ2) is 14.6. The van der Waals surface area contributed by atoms with Gasteiger partial charge in [-0.25, -0.2) is 9.97 Å². The Hall–Kier alpha value is -7.94. The lowest BCUT2D eigenvalue weighted by Crippen LogP contribution is -2.14. The molecule has 0 saturated heterocycles. The van der Waals surface area contributed by atoms with Gasteiger partial charge in [-0.3, -0.25) is 0 Å². The van der Waals surface area contributed by atoms with E-state index in [1.807, 2.05) is 18.2 Å². The molecule has 0 radical (unpaired) electrons. The molecule has 0 atom stereocenters. The number of rotatable bonds is 6. The van der Waals surface area contributed by atoms with Crippen molar-refractivity contribution in [3.05, 3.63) is 230 Å². The highest BCUT2D eigenvalue weighted by molar-refractivity contribution is 6.28. The monoisotopic (exact) mass is 802 g/mol. The molecule has 12 rings (SSSR count). The molecule has 0 fully saturated rings. The molecule has 0 spiro atoms. The van der Waals surface area contributed by atoms with Gasteiger partial charge in [0.1, 0.15) is 0 Å². The van der Waals surface area contributed by atoms with Gasteiger partial charge in [0.25, 0.3) is 0 Å². The van der Waals surface area contributed by atoms with E-state index in [0.717, 1.165) is 39.2 Å². The second-order valence-corrected chi connectivity index (χ2v) is 17.3. The topological polar surface area (TPSA) is 25.8 Å². The van der Waals surface area contributed by atoms with Crippen LogP contribution in [-0.4, -0.2) is 9.97 Å². The van der Waals surface area contributed by atoms with Crippen LogP contribution in [0.25, 0.3) is 111 Å². The molecule has 0 saturated carbocycles. The van der Waals surface area contributed by atoms with Gasteiger partial charge >= 0.3 is 0 Å². The SMILES string of the molecule is CC1(C)c2ccccc2-c2ccc(-c3cccc4c5ccccc5c5cc(-c6cccc(-c7cc(-c8ccc(-c9ccccc9)cc8)nc(-c8ccccc8)n7)c6)ccc5c34)cc21. The Labute approximate surface area is 367 Å². The van der Waals surface area contributed by atoms with Crippen LogP contribution in [0.2, 0.25) is 0 Å². The largest absolute Gasteiger partial charge is 0.228 e. The molecule has 2 heteroatoms. The molecule has 63 heavy (non-hydrogen) atoms. The third-order valence-electron chi connectivity index (χ3n) is 13.3. The van der Waals surface area contributed by atoms with Crippen molar-refractivity contribution in [2.45, 2.75) is 19.3 Å². The van der Waals surface area contributed by atoms with Gasteiger partial charge in [-0.15, -0.1) is 0 Å². The molecular weight excluding hydrogens is 761 g/mol. The first kappa shape index (κ1) is 36.9. The number of nitrogens with zero attached hydrogens (tertiary/aromatic N) is 2. The van der Waals surface area contributed by atoms with Crippen molar-refractivity contribution >= 4 is 32.3 Å². The first-order valence-electron chi connectivity index (χ1n) is 21.8. The van der Waals surface area contributed by atoms with Gasteiger partial charge in [0, 0.05) is 22.1 Å². The number of benzene rings is 10. The molecule has 0 amide bonds. The van der Waals surface area contributed by atoms with E-state index in [-0.39, 0.29) is 5.41 Å². The maximum Gasteiger partial charge on any atom is 0.160 e. The molecule has 0 unspecified atom stereocenters. The predicted molar refractivity (Wildman–Crippen MR) is 265 cm³/mol. The molecule has 11 aromatic rings. The Balaban J connectivity index is 0.983. The van der Waals surface area contributed by atoms with Gasteiger partial charge < -0.3 is 0 Å². The van der Waals surface area contributed by atoms with Crippen LogP contribution < -0.4 is 0 Å². The zero-order valence-corrected chi connectivity index (χ0v) is 35.2. The molecule has 296 valence electrons. The summed E-state index contributed by atoms with van der Waals surface area (Å²) in [5, 5.41) is 7.59. The lowest BCUT2D eigenvalue weighted by atomic mass is 9.81. The van der Waals surface area contributed by atoms with Gasteiger partial charge in [-0.2, -0.15) is 0 Å². The van der Waals surface area contributed by atoms with Crippen LogP contribution >= 0.6 is 0 Å². The number of fused-ring (bicyclic) bond motifs is 9. The van der Waals surface area contributed by atoms with E-state index in [1.54, 1.807) is 0 Å². The Kier molecular flexibility index (Phi) is 8.55. The van der Waals surface area contributed by atoms with Crippen LogP contribution in [0.3, 0.4) is 0 Å². The number of hydrogen-bond donors (Lipinski definition) is 0. The van der Waals surface area contributed by atoms with Crippen LogP contribution in [0.15, 0.2) is 218 Å². The minimum Gasteiger partial charge on any atom is -0.228 e. The van der Waals surface area contributed by atoms with Crippen LogP contribution in [0.4, 0.5) is 0 Å². The molecule has 1 aromatic heterocycles. The third kappa shape index (κ3) is 6.17. The highest BCUT2D eigenvalue weighted by Crippen LogP contribution is 2.50. The molecule has 10 aromatic carbocycles. The maximum atomic E-state index is 5.19. The van der Waals surface area contributed by atoms with Gasteiger partial charge in [0.2, 0.25) is 0 Å². The van der Waals surface area contributed by atoms with Crippen molar-refractivity contribution in [1.29, 1.82) is 0 Å². The van der Waals surface area contributed by atoms with E-state index < -0.39 is 0 Å². The van der Waals surface area contributed by atoms with Crippen LogP contribution in [0.5, 0.6) is 0 Å². The smallest absolute Gasteiger partial charge is 0.160 e. The molecule has 0 bridgehead atoms. The van der Waals surface area contributed by atoms with Crippen LogP contribution in [-0.2, 0) is 5.41 Å². The minimum absolute atomic E-state index is 0.0741. The second-order valence-electron chi connectivity index (χ2n) is 17.3. The molecule has 2 nitrogen and oxygen atoms in total. The van der Waals surface area contributed by atoms with Crippen molar-refractivity contribution < 1.29 is 0 Å². The van der Waals surface area contributed by atoms with Crippen molar-refractivity contribution in [2.24, 2.45) is 0 Å². The molecule has 1 heterocycles. The van der Waals surface area contributed by atoms with Gasteiger partial charge in [0.15, 0.2) is 5.82 Å². The first-order valence-corrected chi connectivity index (χ1v) is 21.8. The van der Waals surface area contributed by atoms with E-state index in [2.05, 4.69) is 214 Å². The molecule has 0 N–H and O–H groups in total. The number of hydrogen-bond acceptors (Lipinski definition) is 2. The Bertz CT molecular complexity index is 3570. The van der Waals surface area contributed by atoms with E-state index in [0.29, 0.717) is 5.82 Å². The fourth-order valence-electron chi connectivity index (χ4n) is 10.1. The Morgan fingerprint density at radius 1 is 0.286 bits per heavy atom. The molecule has 1 aliphatic rings. The van der Waals surface area contributed by atoms with Gasteiger partial charge in [-0.05, 0) is 112 Å². The van der Waals surface area contributed by atoms with Gasteiger partial charge in [-0.1, -0.05) is 208 Å². The van der Waals surface area contributed by atoms with Crippen molar-refractivity contribution in [1.82, 2.24) is 9.97 Å². The minimum atomic E-state index is -0.0741. The summed E-state index contributed by atoms with van der Waals surface area (Å²) in [5.41, 5.74) is 17.4. The summed E-state index contributed by atoms with van der Waals surface area (Å²) in [4.78, 5) is 10.3. The summed E-state index contributed by atoms with van der Waals surface area (Å²) >= 11 is 0. The third-order valence-corrected chi connectivity index (χ3v) is 13.3. The van der Waals surface area contributed by atoms with Gasteiger partial charge in [0.05, 0.1) is 11.4 Å². The summed E-state index contributed by atoms with van der Waals surface area (Å²) in [6.07, 6.45) is 0. The predicted octanol–water partition coefficient (Wildman–Crippen LogP) is 16.2. The number of aromatic nitrogens is 2. The van der Waals surface area contributed by atoms with E-state index in [9.17, 15) is 0 Å². The summed E-state index contributed by atoms with van der Waals surface area (Å²) in [7, 11) is 0. The zero-order chi connectivity index (χ0) is 42.1. The highest BCUT2D eigenvalue weighted by atomic mass is 14.9. The van der Waals surface area contributed by atoms with Crippen molar-refractivity contribution in [3.8, 4) is 78.4 Å². The van der Waals surface area contributed by atoms with E-state index in [1.165, 1.54) is 76.8 Å². The van der Waals surface area contributed by atoms with E-state index in [4.69, 9.17) is 9.97 Å². The zero-order valence-electron chi connectivity index (χ0n) is 35.2. The van der Waals surface area contributed by atoms with Crippen LogP contribution in [0.1, 0.15) is 25.0 Å². The first-order chi connectivity index (χ1) is 31.0. The fraction of sp³-hybridized carbons (Fsp3) is 0.0492. The van der Waals surface area contributed by atoms with E-state index >= 15 is 0 Å². The van der Waals surface area contributed by atoms with Crippen LogP contribution in [0, 0.1) is 0 Å². The Morgan fingerprint density at radius 2 is 0.794 bits per heavy atom. The summed E-state index contributed by atoms with van der Waals surface area (Å²) in [5.74, 6) is 0.706. The summed E-state index contributed by atoms with van der Waals surface area (Å²) < 4.78 is 0. The maximum absolute atomic E-state index is 5.19. The lowest BCUT2D eigenvalue weighted by molar-refractivity contribution is 0.660. The quantitative estimate of drug-likeness (QED) is 0.157. The fourth-order valence-corrected chi connectivity index (χ4v) is 10.1. The van der Waals surface area contributed by atoms with Crippen molar-refractivity contribution in [2.75, 3.05) is 0 Å². The van der Waals surface area contributed by atoms with Crippen molar-refractivity contribution in [3.63, 3.8) is 0 Å². The normalized spacial score (nSPS) is 12.7. The molecule has 0 aliphatic heterocycles. The standard InChI is InChI=1S/C61H42N2/c1-61(2)55-26-12-11-23-50(55)51-33-32-45(37-56(51)61)47-24-14-25-52-48-21-9-10-22-49(48)54-36-44(31-34-53(54)59(47)52)43-19-13-20-46(35-43)58-38-57(62-60(63-58)42-17-7-4-8-18-42)41-29-27-40(28-30-41)39-15-5-3-6-16-39/h3-38H,1-2H3.